The molecular formula is C17H20BrN3O4S. The fourth-order valence-electron chi connectivity index (χ4n) is 2.62. The lowest BCUT2D eigenvalue weighted by atomic mass is 10.3. The molecule has 1 aliphatic heterocycles. The van der Waals surface area contributed by atoms with E-state index in [9.17, 15) is 8.42 Å². The number of halogens is 1. The second-order valence-corrected chi connectivity index (χ2v) is 8.39. The van der Waals surface area contributed by atoms with Gasteiger partial charge < -0.3 is 14.4 Å². The summed E-state index contributed by atoms with van der Waals surface area (Å²) in [5.41, 5.74) is 0.777. The van der Waals surface area contributed by atoms with Crippen LogP contribution in [-0.4, -0.2) is 46.8 Å². The topological polar surface area (TPSA) is 80.8 Å². The number of morpholine rings is 1. The van der Waals surface area contributed by atoms with Crippen molar-refractivity contribution in [1.82, 2.24) is 9.71 Å². The number of methoxy groups -OCH3 is 1. The molecular weight excluding hydrogens is 422 g/mol. The Bertz CT molecular complexity index is 853. The molecule has 2 heterocycles. The van der Waals surface area contributed by atoms with E-state index in [-0.39, 0.29) is 11.4 Å². The van der Waals surface area contributed by atoms with Gasteiger partial charge in [0, 0.05) is 30.3 Å². The van der Waals surface area contributed by atoms with Gasteiger partial charge in [-0.1, -0.05) is 22.0 Å². The van der Waals surface area contributed by atoms with Gasteiger partial charge in [-0.3, -0.25) is 0 Å². The summed E-state index contributed by atoms with van der Waals surface area (Å²) in [7, 11) is -2.27. The Hall–Kier alpha value is -1.68. The minimum atomic E-state index is -3.71. The second-order valence-electron chi connectivity index (χ2n) is 5.74. The van der Waals surface area contributed by atoms with Crippen LogP contribution in [0.4, 0.5) is 5.82 Å². The standard InChI is InChI=1S/C17H20BrN3O4S/c1-24-15-4-3-14(18)10-16(15)26(22,23)20-12-13-2-5-17(19-11-13)21-6-8-25-9-7-21/h2-5,10-11,20H,6-9,12H2,1H3. The Morgan fingerprint density at radius 3 is 2.69 bits per heavy atom. The van der Waals surface area contributed by atoms with Gasteiger partial charge in [-0.25, -0.2) is 18.1 Å². The van der Waals surface area contributed by atoms with Crippen molar-refractivity contribution in [3.05, 3.63) is 46.6 Å². The maximum Gasteiger partial charge on any atom is 0.244 e. The summed E-state index contributed by atoms with van der Waals surface area (Å²) < 4.78 is 38.9. The lowest BCUT2D eigenvalue weighted by Crippen LogP contribution is -2.36. The molecule has 1 fully saturated rings. The third-order valence-electron chi connectivity index (χ3n) is 4.03. The lowest BCUT2D eigenvalue weighted by Gasteiger charge is -2.27. The van der Waals surface area contributed by atoms with Gasteiger partial charge in [0.05, 0.1) is 20.3 Å². The molecule has 0 aliphatic carbocycles. The summed E-state index contributed by atoms with van der Waals surface area (Å²) in [4.78, 5) is 6.66. The van der Waals surface area contributed by atoms with Crippen LogP contribution in [0, 0.1) is 0 Å². The monoisotopic (exact) mass is 441 g/mol. The molecule has 1 N–H and O–H groups in total. The van der Waals surface area contributed by atoms with E-state index < -0.39 is 10.0 Å². The third-order valence-corrected chi connectivity index (χ3v) is 5.94. The van der Waals surface area contributed by atoms with Crippen molar-refractivity contribution in [2.24, 2.45) is 0 Å². The molecule has 3 rings (SSSR count). The third kappa shape index (κ3) is 4.53. The van der Waals surface area contributed by atoms with E-state index in [4.69, 9.17) is 9.47 Å². The van der Waals surface area contributed by atoms with Gasteiger partial charge >= 0.3 is 0 Å². The molecule has 26 heavy (non-hydrogen) atoms. The molecule has 1 aliphatic rings. The SMILES string of the molecule is COc1ccc(Br)cc1S(=O)(=O)NCc1ccc(N2CCOCC2)nc1. The highest BCUT2D eigenvalue weighted by molar-refractivity contribution is 9.10. The van der Waals surface area contributed by atoms with Gasteiger partial charge in [0.15, 0.2) is 0 Å². The molecule has 0 radical (unpaired) electrons. The average molecular weight is 442 g/mol. The van der Waals surface area contributed by atoms with Crippen LogP contribution in [0.25, 0.3) is 0 Å². The molecule has 1 aromatic carbocycles. The van der Waals surface area contributed by atoms with E-state index in [1.54, 1.807) is 18.3 Å². The Kier molecular flexibility index (Phi) is 6.13. The Labute approximate surface area is 161 Å². The zero-order chi connectivity index (χ0) is 18.6. The average Bonchev–Trinajstić information content (AvgIpc) is 2.67. The van der Waals surface area contributed by atoms with Crippen molar-refractivity contribution in [3.63, 3.8) is 0 Å². The number of sulfonamides is 1. The van der Waals surface area contributed by atoms with Crippen LogP contribution < -0.4 is 14.4 Å². The maximum atomic E-state index is 12.6. The number of benzene rings is 1. The fourth-order valence-corrected chi connectivity index (χ4v) is 4.34. The summed E-state index contributed by atoms with van der Waals surface area (Å²) >= 11 is 3.29. The Balaban J connectivity index is 1.69. The van der Waals surface area contributed by atoms with Crippen LogP contribution in [0.3, 0.4) is 0 Å². The number of nitrogens with one attached hydrogen (secondary N) is 1. The van der Waals surface area contributed by atoms with E-state index in [0.717, 1.165) is 24.5 Å². The van der Waals surface area contributed by atoms with Crippen LogP contribution in [0.15, 0.2) is 45.9 Å². The molecule has 1 saturated heterocycles. The molecule has 2 aromatic rings. The first kappa shape index (κ1) is 19.1. The lowest BCUT2D eigenvalue weighted by molar-refractivity contribution is 0.122. The van der Waals surface area contributed by atoms with Crippen LogP contribution in [0.5, 0.6) is 5.75 Å². The summed E-state index contributed by atoms with van der Waals surface area (Å²) in [5.74, 6) is 1.16. The van der Waals surface area contributed by atoms with Crippen molar-refractivity contribution in [2.45, 2.75) is 11.4 Å². The summed E-state index contributed by atoms with van der Waals surface area (Å²) in [6, 6.07) is 8.62. The first-order valence-corrected chi connectivity index (χ1v) is 10.4. The molecule has 7 nitrogen and oxygen atoms in total. The van der Waals surface area contributed by atoms with Crippen molar-refractivity contribution in [3.8, 4) is 5.75 Å². The fraction of sp³-hybridized carbons (Fsp3) is 0.353. The summed E-state index contributed by atoms with van der Waals surface area (Å²) in [6.07, 6.45) is 1.69. The number of hydrogen-bond acceptors (Lipinski definition) is 6. The van der Waals surface area contributed by atoms with E-state index in [1.807, 2.05) is 12.1 Å². The van der Waals surface area contributed by atoms with Gasteiger partial charge in [0.1, 0.15) is 16.5 Å². The van der Waals surface area contributed by atoms with E-state index in [0.29, 0.717) is 23.4 Å². The van der Waals surface area contributed by atoms with Gasteiger partial charge in [0.2, 0.25) is 10.0 Å². The molecule has 1 aromatic heterocycles. The summed E-state index contributed by atoms with van der Waals surface area (Å²) in [6.45, 7) is 3.15. The zero-order valence-electron chi connectivity index (χ0n) is 14.3. The molecule has 0 atom stereocenters. The quantitative estimate of drug-likeness (QED) is 0.739. The van der Waals surface area contributed by atoms with Crippen molar-refractivity contribution < 1.29 is 17.9 Å². The highest BCUT2D eigenvalue weighted by Gasteiger charge is 2.20. The van der Waals surface area contributed by atoms with Crippen molar-refractivity contribution >= 4 is 31.8 Å². The van der Waals surface area contributed by atoms with Gasteiger partial charge in [-0.15, -0.1) is 0 Å². The molecule has 0 saturated carbocycles. The molecule has 140 valence electrons. The normalized spacial score (nSPS) is 15.1. The first-order valence-electron chi connectivity index (χ1n) is 8.10. The number of anilines is 1. The van der Waals surface area contributed by atoms with Gasteiger partial charge in [-0.05, 0) is 29.8 Å². The zero-order valence-corrected chi connectivity index (χ0v) is 16.7. The van der Waals surface area contributed by atoms with Crippen LogP contribution >= 0.6 is 15.9 Å². The predicted octanol–water partition coefficient (Wildman–Crippen LogP) is 2.17. The summed E-state index contributed by atoms with van der Waals surface area (Å²) in [5, 5.41) is 0. The van der Waals surface area contributed by atoms with Crippen LogP contribution in [0.1, 0.15) is 5.56 Å². The number of nitrogens with zero attached hydrogens (tertiary/aromatic N) is 2. The number of hydrogen-bond donors (Lipinski definition) is 1. The smallest absolute Gasteiger partial charge is 0.244 e. The van der Waals surface area contributed by atoms with Gasteiger partial charge in [-0.2, -0.15) is 0 Å². The molecule has 0 spiro atoms. The van der Waals surface area contributed by atoms with E-state index in [2.05, 4.69) is 30.5 Å². The number of rotatable bonds is 6. The first-order chi connectivity index (χ1) is 12.5. The minimum absolute atomic E-state index is 0.0901. The molecule has 0 unspecified atom stereocenters. The second kappa shape index (κ2) is 8.34. The minimum Gasteiger partial charge on any atom is -0.495 e. The van der Waals surface area contributed by atoms with Crippen molar-refractivity contribution in [2.75, 3.05) is 38.3 Å². The largest absolute Gasteiger partial charge is 0.495 e. The predicted molar refractivity (Wildman–Crippen MR) is 102 cm³/mol. The Morgan fingerprint density at radius 2 is 2.04 bits per heavy atom. The molecule has 0 bridgehead atoms. The molecule has 9 heteroatoms. The van der Waals surface area contributed by atoms with Crippen LogP contribution in [0.2, 0.25) is 0 Å². The highest BCUT2D eigenvalue weighted by atomic mass is 79.9. The maximum absolute atomic E-state index is 12.6. The number of aromatic nitrogens is 1. The Morgan fingerprint density at radius 1 is 1.27 bits per heavy atom. The number of pyridine rings is 1. The van der Waals surface area contributed by atoms with Gasteiger partial charge in [0.25, 0.3) is 0 Å². The van der Waals surface area contributed by atoms with Crippen molar-refractivity contribution in [1.29, 1.82) is 0 Å². The highest BCUT2D eigenvalue weighted by Crippen LogP contribution is 2.27. The molecule has 0 amide bonds. The van der Waals surface area contributed by atoms with E-state index in [1.165, 1.54) is 13.2 Å². The van der Waals surface area contributed by atoms with Crippen LogP contribution in [-0.2, 0) is 21.3 Å². The van der Waals surface area contributed by atoms with E-state index >= 15 is 0 Å². The number of ether oxygens (including phenoxy) is 2.